The highest BCUT2D eigenvalue weighted by molar-refractivity contribution is 7.98. The number of phenolic OH excluding ortho intramolecular Hbond substituents is 2. The molecule has 0 saturated carbocycles. The molecule has 1 aromatic carbocycles. The quantitative estimate of drug-likeness (QED) is 0.567. The highest BCUT2D eigenvalue weighted by Crippen LogP contribution is 2.24. The fraction of sp³-hybridized carbons (Fsp3) is 0.462. The Morgan fingerprint density at radius 3 is 2.70 bits per heavy atom. The molecule has 0 aliphatic rings. The zero-order valence-corrected chi connectivity index (χ0v) is 13.0. The van der Waals surface area contributed by atoms with E-state index in [-0.39, 0.29) is 29.8 Å². The topological polar surface area (TPSA) is 95.6 Å². The highest BCUT2D eigenvalue weighted by Gasteiger charge is 2.11. The molecule has 0 spiro atoms. The van der Waals surface area contributed by atoms with Crippen molar-refractivity contribution in [1.82, 2.24) is 5.32 Å². The summed E-state index contributed by atoms with van der Waals surface area (Å²) in [6.45, 7) is 0.454. The van der Waals surface area contributed by atoms with E-state index in [9.17, 15) is 15.0 Å². The van der Waals surface area contributed by atoms with Gasteiger partial charge in [-0.1, -0.05) is 6.07 Å². The maximum absolute atomic E-state index is 11.6. The Hall–Kier alpha value is -1.11. The molecule has 0 saturated heterocycles. The smallest absolute Gasteiger partial charge is 0.236 e. The Morgan fingerprint density at radius 2 is 2.10 bits per heavy atom. The van der Waals surface area contributed by atoms with Gasteiger partial charge >= 0.3 is 0 Å². The summed E-state index contributed by atoms with van der Waals surface area (Å²) in [4.78, 5) is 11.6. The number of thioether (sulfide) groups is 1. The molecule has 0 aliphatic heterocycles. The van der Waals surface area contributed by atoms with Gasteiger partial charge in [0.05, 0.1) is 6.04 Å². The zero-order valence-electron chi connectivity index (χ0n) is 11.3. The van der Waals surface area contributed by atoms with Gasteiger partial charge in [0.25, 0.3) is 0 Å². The summed E-state index contributed by atoms with van der Waals surface area (Å²) in [7, 11) is 0. The normalized spacial score (nSPS) is 11.5. The molecule has 1 unspecified atom stereocenters. The number of amides is 1. The molecule has 1 aromatic rings. The minimum Gasteiger partial charge on any atom is -0.504 e. The van der Waals surface area contributed by atoms with E-state index >= 15 is 0 Å². The van der Waals surface area contributed by atoms with Gasteiger partial charge in [-0.25, -0.2) is 0 Å². The molecule has 114 valence electrons. The fourth-order valence-corrected chi connectivity index (χ4v) is 2.05. The van der Waals surface area contributed by atoms with Crippen molar-refractivity contribution < 1.29 is 15.0 Å². The first-order valence-corrected chi connectivity index (χ1v) is 7.47. The minimum absolute atomic E-state index is 0. The average Bonchev–Trinajstić information content (AvgIpc) is 2.39. The van der Waals surface area contributed by atoms with E-state index in [1.54, 1.807) is 17.8 Å². The molecule has 7 heteroatoms. The molecule has 0 aliphatic carbocycles. The summed E-state index contributed by atoms with van der Waals surface area (Å²) < 4.78 is 0. The standard InChI is InChI=1S/C13H20N2O3S.ClH/c1-19-7-5-10(14)13(18)15-6-4-9-2-3-11(16)12(17)8-9;/h2-3,8,10,16-17H,4-7,14H2,1H3,(H,15,18);1H. The molecule has 0 bridgehead atoms. The van der Waals surface area contributed by atoms with Gasteiger partial charge in [-0.2, -0.15) is 11.8 Å². The van der Waals surface area contributed by atoms with Gasteiger partial charge in [-0.05, 0) is 42.5 Å². The second-order valence-corrected chi connectivity index (χ2v) is 5.24. The third-order valence-corrected chi connectivity index (χ3v) is 3.37. The number of rotatable bonds is 7. The first-order chi connectivity index (χ1) is 9.04. The third-order valence-electron chi connectivity index (χ3n) is 2.72. The van der Waals surface area contributed by atoms with Crippen LogP contribution in [0, 0.1) is 0 Å². The summed E-state index contributed by atoms with van der Waals surface area (Å²) in [5.41, 5.74) is 6.57. The number of aromatic hydroxyl groups is 2. The number of hydrogen-bond donors (Lipinski definition) is 4. The molecule has 0 fully saturated rings. The van der Waals surface area contributed by atoms with Gasteiger partial charge in [0.1, 0.15) is 0 Å². The lowest BCUT2D eigenvalue weighted by molar-refractivity contribution is -0.122. The van der Waals surface area contributed by atoms with Crippen LogP contribution < -0.4 is 11.1 Å². The molecule has 1 amide bonds. The van der Waals surface area contributed by atoms with Gasteiger partial charge < -0.3 is 21.3 Å². The summed E-state index contributed by atoms with van der Waals surface area (Å²) in [6, 6.07) is 4.14. The lowest BCUT2D eigenvalue weighted by Crippen LogP contribution is -2.41. The lowest BCUT2D eigenvalue weighted by Gasteiger charge is -2.11. The summed E-state index contributed by atoms with van der Waals surface area (Å²) in [5.74, 6) is 0.407. The number of benzene rings is 1. The van der Waals surface area contributed by atoms with Crippen molar-refractivity contribution in [3.63, 3.8) is 0 Å². The first-order valence-electron chi connectivity index (χ1n) is 6.07. The molecule has 1 atom stereocenters. The zero-order chi connectivity index (χ0) is 14.3. The Labute approximate surface area is 129 Å². The molecule has 0 radical (unpaired) electrons. The van der Waals surface area contributed by atoms with Gasteiger partial charge in [0.2, 0.25) is 5.91 Å². The van der Waals surface area contributed by atoms with Crippen molar-refractivity contribution in [1.29, 1.82) is 0 Å². The second-order valence-electron chi connectivity index (χ2n) is 4.25. The molecule has 5 nitrogen and oxygen atoms in total. The van der Waals surface area contributed by atoms with E-state index in [4.69, 9.17) is 5.73 Å². The number of carbonyl (C=O) groups is 1. The number of carbonyl (C=O) groups excluding carboxylic acids is 1. The van der Waals surface area contributed by atoms with Crippen molar-refractivity contribution in [3.8, 4) is 11.5 Å². The van der Waals surface area contributed by atoms with E-state index in [0.717, 1.165) is 11.3 Å². The lowest BCUT2D eigenvalue weighted by atomic mass is 10.1. The number of nitrogens with two attached hydrogens (primary N) is 1. The Kier molecular flexibility index (Phi) is 9.20. The maximum atomic E-state index is 11.6. The SMILES string of the molecule is CSCCC(N)C(=O)NCCc1ccc(O)c(O)c1.Cl. The van der Waals surface area contributed by atoms with Crippen LogP contribution in [-0.4, -0.2) is 40.7 Å². The van der Waals surface area contributed by atoms with Gasteiger partial charge in [-0.3, -0.25) is 4.79 Å². The van der Waals surface area contributed by atoms with Crippen LogP contribution in [0.25, 0.3) is 0 Å². The number of hydrogen-bond acceptors (Lipinski definition) is 5. The van der Waals surface area contributed by atoms with Crippen molar-refractivity contribution in [2.24, 2.45) is 5.73 Å². The predicted molar refractivity (Wildman–Crippen MR) is 84.7 cm³/mol. The number of nitrogens with one attached hydrogen (secondary N) is 1. The summed E-state index contributed by atoms with van der Waals surface area (Å²) >= 11 is 1.66. The molecule has 0 heterocycles. The van der Waals surface area contributed by atoms with E-state index in [2.05, 4.69) is 5.32 Å². The monoisotopic (exact) mass is 320 g/mol. The Morgan fingerprint density at radius 1 is 1.40 bits per heavy atom. The molecule has 20 heavy (non-hydrogen) atoms. The summed E-state index contributed by atoms with van der Waals surface area (Å²) in [6.07, 6.45) is 3.21. The summed E-state index contributed by atoms with van der Waals surface area (Å²) in [5, 5.41) is 21.3. The first kappa shape index (κ1) is 18.9. The van der Waals surface area contributed by atoms with Crippen LogP contribution in [0.2, 0.25) is 0 Å². The van der Waals surface area contributed by atoms with Crippen molar-refractivity contribution in [2.75, 3.05) is 18.6 Å². The van der Waals surface area contributed by atoms with Crippen LogP contribution >= 0.6 is 24.2 Å². The van der Waals surface area contributed by atoms with Gasteiger partial charge in [0.15, 0.2) is 11.5 Å². The predicted octanol–water partition coefficient (Wildman–Crippen LogP) is 1.26. The van der Waals surface area contributed by atoms with E-state index < -0.39 is 6.04 Å². The molecular weight excluding hydrogens is 300 g/mol. The van der Waals surface area contributed by atoms with Crippen LogP contribution in [0.5, 0.6) is 11.5 Å². The second kappa shape index (κ2) is 9.74. The fourth-order valence-electron chi connectivity index (χ4n) is 1.56. The maximum Gasteiger partial charge on any atom is 0.236 e. The molecule has 5 N–H and O–H groups in total. The minimum atomic E-state index is -0.472. The average molecular weight is 321 g/mol. The molecular formula is C13H21ClN2O3S. The van der Waals surface area contributed by atoms with Crippen LogP contribution in [0.15, 0.2) is 18.2 Å². The number of phenols is 2. The van der Waals surface area contributed by atoms with Crippen molar-refractivity contribution >= 4 is 30.1 Å². The van der Waals surface area contributed by atoms with Crippen LogP contribution in [0.4, 0.5) is 0 Å². The Bertz CT molecular complexity index is 432. The van der Waals surface area contributed by atoms with Crippen molar-refractivity contribution in [2.45, 2.75) is 18.9 Å². The van der Waals surface area contributed by atoms with Gasteiger partial charge in [-0.15, -0.1) is 12.4 Å². The van der Waals surface area contributed by atoms with E-state index in [0.29, 0.717) is 19.4 Å². The van der Waals surface area contributed by atoms with E-state index in [1.807, 2.05) is 6.26 Å². The number of halogens is 1. The van der Waals surface area contributed by atoms with E-state index in [1.165, 1.54) is 12.1 Å². The van der Waals surface area contributed by atoms with Gasteiger partial charge in [0, 0.05) is 6.54 Å². The molecule has 0 aromatic heterocycles. The Balaban J connectivity index is 0.00000361. The van der Waals surface area contributed by atoms with Crippen LogP contribution in [0.3, 0.4) is 0 Å². The van der Waals surface area contributed by atoms with Crippen LogP contribution in [-0.2, 0) is 11.2 Å². The molecule has 1 rings (SSSR count). The largest absolute Gasteiger partial charge is 0.504 e. The highest BCUT2D eigenvalue weighted by atomic mass is 35.5. The van der Waals surface area contributed by atoms with Crippen LogP contribution in [0.1, 0.15) is 12.0 Å². The third kappa shape index (κ3) is 6.36. The van der Waals surface area contributed by atoms with Crippen molar-refractivity contribution in [3.05, 3.63) is 23.8 Å².